The Balaban J connectivity index is 0.696. The number of hydrogen-bond acceptors (Lipinski definition) is 6. The quantitative estimate of drug-likeness (QED) is 0.0446. The Hall–Kier alpha value is -16.0. The maximum absolute atomic E-state index is 5.80. The summed E-state index contributed by atoms with van der Waals surface area (Å²) in [6, 6.07) is 120. The lowest BCUT2D eigenvalue weighted by molar-refractivity contribution is 0.667. The maximum Gasteiger partial charge on any atom is 0.0737 e. The van der Waals surface area contributed by atoms with E-state index in [-0.39, 0.29) is 0 Å². The number of nitrogens with one attached hydrogen (secondary N) is 4. The van der Waals surface area contributed by atoms with Crippen LogP contribution >= 0.6 is 0 Å². The van der Waals surface area contributed by atoms with Gasteiger partial charge < -0.3 is 29.7 Å². The van der Waals surface area contributed by atoms with Crippen LogP contribution in [-0.2, 0) is 6.42 Å². The molecule has 616 valence electrons. The highest BCUT2D eigenvalue weighted by atomic mass is 15.1. The van der Waals surface area contributed by atoms with Gasteiger partial charge in [0, 0.05) is 117 Å². The minimum Gasteiger partial charge on any atom is -0.355 e. The number of aromatic nitrogens is 8. The largest absolute Gasteiger partial charge is 0.355 e. The van der Waals surface area contributed by atoms with Gasteiger partial charge in [0.05, 0.1) is 45.6 Å². The molecular weight excluding hydrogens is 1560 g/mol. The molecule has 6 aromatic heterocycles. The molecule has 0 fully saturated rings. The minimum absolute atomic E-state index is 0.833. The Labute approximate surface area is 746 Å². The lowest BCUT2D eigenvalue weighted by Gasteiger charge is -2.26. The molecule has 128 heavy (non-hydrogen) atoms. The third-order valence-corrected chi connectivity index (χ3v) is 25.2. The first-order chi connectivity index (χ1) is 63.0. The van der Waals surface area contributed by atoms with E-state index in [1.54, 1.807) is 0 Å². The van der Waals surface area contributed by atoms with Crippen molar-refractivity contribution < 1.29 is 0 Å². The van der Waals surface area contributed by atoms with Crippen molar-refractivity contribution in [3.05, 3.63) is 418 Å². The summed E-state index contributed by atoms with van der Waals surface area (Å²) in [6.07, 6.45) is 27.6. The summed E-state index contributed by atoms with van der Waals surface area (Å²) in [5.41, 5.74) is 43.3. The van der Waals surface area contributed by atoms with E-state index in [0.29, 0.717) is 0 Å². The molecule has 0 aliphatic carbocycles. The van der Waals surface area contributed by atoms with Crippen molar-refractivity contribution in [1.29, 1.82) is 0 Å². The average Bonchev–Trinajstić information content (AvgIpc) is 1.65. The van der Waals surface area contributed by atoms with Crippen molar-refractivity contribution in [2.45, 2.75) is 66.7 Å². The highest BCUT2D eigenvalue weighted by Gasteiger charge is 2.25. The SMILES string of the molecule is CCCCCCc1ccc(N(c2ccc(-c3c4nc(c(-c5ccccc5C)c5ccc(cc6nc(c(-c7ccccc7C)c7ccc3[nH]7)C=C6)[nH]5)C=C4)cc2)c2ccc(-c3c4nc(c(-c5ccccc5C)c5ccc([nH]5)c(-c5ccc(/C=C/c6ccc(N(c7ccccc7)c7ccccc7)cc6)cc5)c5nc(c(-c6ccccc6C)c6ccc3[nH]6)C=C5)C=C4)cc2)cc1. The number of fused-ring (bicyclic) bond motifs is 16. The van der Waals surface area contributed by atoms with E-state index < -0.39 is 0 Å². The number of aromatic amines is 4. The summed E-state index contributed by atoms with van der Waals surface area (Å²) in [6.45, 7) is 11.0. The second-order valence-corrected chi connectivity index (χ2v) is 33.6. The molecule has 0 atom stereocenters. The monoisotopic (exact) mass is 1650 g/mol. The van der Waals surface area contributed by atoms with Crippen molar-refractivity contribution in [3.63, 3.8) is 0 Å². The zero-order valence-corrected chi connectivity index (χ0v) is 72.2. The number of hydrogen-bond donors (Lipinski definition) is 4. The van der Waals surface area contributed by atoms with Gasteiger partial charge >= 0.3 is 0 Å². The molecule has 0 radical (unpaired) electrons. The van der Waals surface area contributed by atoms with Crippen molar-refractivity contribution in [3.8, 4) is 77.9 Å². The van der Waals surface area contributed by atoms with Gasteiger partial charge in [-0.3, -0.25) is 0 Å². The van der Waals surface area contributed by atoms with E-state index in [1.807, 2.05) is 0 Å². The van der Waals surface area contributed by atoms with E-state index in [2.05, 4.69) is 459 Å². The molecule has 10 heteroatoms. The molecule has 0 saturated carbocycles. The van der Waals surface area contributed by atoms with Crippen LogP contribution in [0.15, 0.2) is 334 Å². The second-order valence-electron chi connectivity index (χ2n) is 33.6. The fraction of sp³-hybridized carbons (Fsp3) is 0.0847. The van der Waals surface area contributed by atoms with Crippen LogP contribution in [0.3, 0.4) is 0 Å². The zero-order valence-electron chi connectivity index (χ0n) is 72.2. The standard InChI is InChI=1S/C118H94N10/c1-6-7-8-11-28-80-41-53-91(54-42-80)128(92-57-47-84(48-58-92)113-100-63-69-106(121-100)115(94-33-20-16-24-76(94)2)104-61-51-86(119-104)75-87-52-62-105(120-87)116(107-70-64-101(113)122-107)95-34-21-17-25-77(95)3)93-59-49-85(50-60-93)114-102-67-73-110(125-102)117(96-35-22-18-26-78(96)4)108-71-65-98(123-108)112(99-66-72-109(124-99)118(111-74-68-103(114)126-111)97-36-23-19-27-79(97)5)83-45-39-81(40-46-83)37-38-82-43-55-90(56-44-82)127(88-29-12-9-13-30-88)89-31-14-10-15-32-89/h9-10,12-27,29-75,119,122-123,126H,6-8,11,28H2,1-5H3/b38-37+,86-75?,87-75?,112-98?,112-99?,113-100?,113-101?,114-102?,114-103?,115-104?,115-106?,116-105?,116-107?,117-108?,117-110?,118-109?,118-111?. The molecule has 10 nitrogen and oxygen atoms in total. The molecule has 4 aliphatic rings. The van der Waals surface area contributed by atoms with E-state index in [1.165, 1.54) is 24.8 Å². The van der Waals surface area contributed by atoms with Crippen LogP contribution in [0.1, 0.15) is 117 Å². The highest BCUT2D eigenvalue weighted by Crippen LogP contribution is 2.46. The molecule has 10 heterocycles. The molecule has 0 spiro atoms. The van der Waals surface area contributed by atoms with Gasteiger partial charge in [0.1, 0.15) is 0 Å². The lowest BCUT2D eigenvalue weighted by Crippen LogP contribution is -2.10. The van der Waals surface area contributed by atoms with Gasteiger partial charge in [-0.05, 0) is 294 Å². The molecule has 4 N–H and O–H groups in total. The normalized spacial score (nSPS) is 12.1. The predicted octanol–water partition coefficient (Wildman–Crippen LogP) is 31.8. The second kappa shape index (κ2) is 34.6. The number of nitrogens with zero attached hydrogens (tertiary/aromatic N) is 6. The lowest BCUT2D eigenvalue weighted by atomic mass is 9.99. The first-order valence-corrected chi connectivity index (χ1v) is 44.5. The van der Waals surface area contributed by atoms with Crippen LogP contribution in [0, 0.1) is 27.7 Å². The number of para-hydroxylation sites is 2. The molecule has 4 aliphatic heterocycles. The topological polar surface area (TPSA) is 121 Å². The Morgan fingerprint density at radius 2 is 0.539 bits per heavy atom. The van der Waals surface area contributed by atoms with E-state index in [9.17, 15) is 0 Å². The fourth-order valence-corrected chi connectivity index (χ4v) is 18.7. The molecule has 11 aromatic carbocycles. The Morgan fingerprint density at radius 1 is 0.250 bits per heavy atom. The summed E-state index contributed by atoms with van der Waals surface area (Å²) >= 11 is 0. The van der Waals surface area contributed by atoms with Gasteiger partial charge in [-0.2, -0.15) is 0 Å². The van der Waals surface area contributed by atoms with Crippen molar-refractivity contribution >= 4 is 139 Å². The Morgan fingerprint density at radius 3 is 0.914 bits per heavy atom. The van der Waals surface area contributed by atoms with Crippen molar-refractivity contribution in [2.75, 3.05) is 9.80 Å². The van der Waals surface area contributed by atoms with Gasteiger partial charge in [-0.1, -0.05) is 245 Å². The molecule has 21 rings (SSSR count). The number of unbranched alkanes of at least 4 members (excludes halogenated alkanes) is 3. The van der Waals surface area contributed by atoms with Gasteiger partial charge in [0.15, 0.2) is 0 Å². The Kier molecular flexibility index (Phi) is 21.4. The van der Waals surface area contributed by atoms with E-state index in [0.717, 1.165) is 248 Å². The average molecular weight is 1650 g/mol. The molecule has 17 aromatic rings. The van der Waals surface area contributed by atoms with Crippen molar-refractivity contribution in [2.24, 2.45) is 0 Å². The number of anilines is 6. The smallest absolute Gasteiger partial charge is 0.0737 e. The Bertz CT molecular complexity index is 7540. The van der Waals surface area contributed by atoms with E-state index in [4.69, 9.17) is 19.9 Å². The van der Waals surface area contributed by atoms with Gasteiger partial charge in [-0.25, -0.2) is 19.9 Å². The van der Waals surface area contributed by atoms with Crippen LogP contribution in [0.5, 0.6) is 0 Å². The third-order valence-electron chi connectivity index (χ3n) is 25.2. The van der Waals surface area contributed by atoms with Gasteiger partial charge in [0.2, 0.25) is 0 Å². The third kappa shape index (κ3) is 15.6. The molecular formula is C118H94N10. The minimum atomic E-state index is 0.833. The van der Waals surface area contributed by atoms with Crippen LogP contribution in [0.25, 0.3) is 183 Å². The van der Waals surface area contributed by atoms with Gasteiger partial charge in [-0.15, -0.1) is 0 Å². The molecule has 0 unspecified atom stereocenters. The highest BCUT2D eigenvalue weighted by molar-refractivity contribution is 6.03. The van der Waals surface area contributed by atoms with Gasteiger partial charge in [0.25, 0.3) is 0 Å². The van der Waals surface area contributed by atoms with Crippen LogP contribution in [0.2, 0.25) is 0 Å². The van der Waals surface area contributed by atoms with Crippen LogP contribution in [-0.4, -0.2) is 39.9 Å². The first-order valence-electron chi connectivity index (χ1n) is 44.5. The number of benzene rings is 11. The number of aryl methyl sites for hydroxylation is 5. The fourth-order valence-electron chi connectivity index (χ4n) is 18.7. The first kappa shape index (κ1) is 79.2. The molecule has 0 amide bonds. The van der Waals surface area contributed by atoms with Crippen molar-refractivity contribution in [1.82, 2.24) is 39.9 Å². The maximum atomic E-state index is 5.80. The summed E-state index contributed by atoms with van der Waals surface area (Å²) in [5.74, 6) is 0. The van der Waals surface area contributed by atoms with Crippen LogP contribution < -0.4 is 9.80 Å². The predicted molar refractivity (Wildman–Crippen MR) is 541 cm³/mol. The summed E-state index contributed by atoms with van der Waals surface area (Å²) < 4.78 is 0. The molecule has 0 saturated heterocycles. The summed E-state index contributed by atoms with van der Waals surface area (Å²) in [7, 11) is 0. The van der Waals surface area contributed by atoms with Crippen LogP contribution in [0.4, 0.5) is 34.1 Å². The molecule has 16 bridgehead atoms. The number of rotatable bonds is 20. The summed E-state index contributed by atoms with van der Waals surface area (Å²) in [5, 5.41) is 0. The van der Waals surface area contributed by atoms with E-state index >= 15 is 0 Å². The number of H-pyrrole nitrogens is 4. The summed E-state index contributed by atoms with van der Waals surface area (Å²) in [4.78, 5) is 43.1. The zero-order chi connectivity index (χ0) is 86.1.